The first-order chi connectivity index (χ1) is 8.13. The molecule has 0 unspecified atom stereocenters. The minimum Gasteiger partial charge on any atom is -0.381 e. The maximum atomic E-state index is 13.1. The van der Waals surface area contributed by atoms with Crippen LogP contribution in [0.3, 0.4) is 0 Å². The van der Waals surface area contributed by atoms with Gasteiger partial charge in [-0.25, -0.2) is 4.39 Å². The largest absolute Gasteiger partial charge is 0.381 e. The lowest BCUT2D eigenvalue weighted by Crippen LogP contribution is -2.00. The number of nitrogens with zero attached hydrogens (tertiary/aromatic N) is 1. The van der Waals surface area contributed by atoms with E-state index in [9.17, 15) is 4.39 Å². The van der Waals surface area contributed by atoms with Crippen molar-refractivity contribution >= 4 is 33.2 Å². The SMILES string of the molecule is Fc1cc(Cl)cc(NCc2cncc(Br)c2)c1. The zero-order valence-electron chi connectivity index (χ0n) is 8.75. The molecule has 1 aromatic heterocycles. The van der Waals surface area contributed by atoms with E-state index >= 15 is 0 Å². The lowest BCUT2D eigenvalue weighted by atomic mass is 10.2. The van der Waals surface area contributed by atoms with Gasteiger partial charge in [-0.1, -0.05) is 11.6 Å². The molecule has 17 heavy (non-hydrogen) atoms. The van der Waals surface area contributed by atoms with Gasteiger partial charge in [-0.15, -0.1) is 0 Å². The number of halogens is 3. The first-order valence-corrected chi connectivity index (χ1v) is 6.10. The molecule has 2 rings (SSSR count). The standard InChI is InChI=1S/C12H9BrClFN2/c13-9-1-8(5-16-7-9)6-17-12-3-10(14)2-11(15)4-12/h1-5,7,17H,6H2. The average molecular weight is 316 g/mol. The summed E-state index contributed by atoms with van der Waals surface area (Å²) < 4.78 is 14.0. The summed E-state index contributed by atoms with van der Waals surface area (Å²) in [5.41, 5.74) is 1.65. The predicted molar refractivity (Wildman–Crippen MR) is 70.7 cm³/mol. The molecule has 0 saturated heterocycles. The third kappa shape index (κ3) is 3.68. The first kappa shape index (κ1) is 12.3. The van der Waals surface area contributed by atoms with Crippen LogP contribution < -0.4 is 5.32 Å². The minimum absolute atomic E-state index is 0.354. The van der Waals surface area contributed by atoms with E-state index in [2.05, 4.69) is 26.2 Å². The van der Waals surface area contributed by atoms with E-state index in [4.69, 9.17) is 11.6 Å². The fourth-order valence-corrected chi connectivity index (χ4v) is 2.05. The van der Waals surface area contributed by atoms with Crippen molar-refractivity contribution in [2.24, 2.45) is 0 Å². The van der Waals surface area contributed by atoms with E-state index in [1.54, 1.807) is 18.5 Å². The quantitative estimate of drug-likeness (QED) is 0.916. The van der Waals surface area contributed by atoms with Crippen molar-refractivity contribution in [3.05, 3.63) is 57.5 Å². The molecule has 0 bridgehead atoms. The molecule has 2 nitrogen and oxygen atoms in total. The van der Waals surface area contributed by atoms with E-state index in [0.29, 0.717) is 17.3 Å². The number of pyridine rings is 1. The molecule has 0 aliphatic rings. The van der Waals surface area contributed by atoms with Gasteiger partial charge in [0, 0.05) is 34.1 Å². The number of aromatic nitrogens is 1. The molecule has 0 saturated carbocycles. The number of hydrogen-bond donors (Lipinski definition) is 1. The van der Waals surface area contributed by atoms with Crippen LogP contribution in [-0.4, -0.2) is 4.98 Å². The summed E-state index contributed by atoms with van der Waals surface area (Å²) in [5.74, 6) is -0.354. The van der Waals surface area contributed by atoms with Crippen LogP contribution in [0.1, 0.15) is 5.56 Å². The lowest BCUT2D eigenvalue weighted by Gasteiger charge is -2.07. The summed E-state index contributed by atoms with van der Waals surface area (Å²) in [6, 6.07) is 6.29. The third-order valence-corrected chi connectivity index (χ3v) is 2.77. The van der Waals surface area contributed by atoms with Crippen molar-refractivity contribution in [3.63, 3.8) is 0 Å². The molecule has 0 atom stereocenters. The highest BCUT2D eigenvalue weighted by molar-refractivity contribution is 9.10. The highest BCUT2D eigenvalue weighted by Crippen LogP contribution is 2.19. The first-order valence-electron chi connectivity index (χ1n) is 4.93. The Morgan fingerprint density at radius 1 is 1.24 bits per heavy atom. The van der Waals surface area contributed by atoms with Crippen LogP contribution >= 0.6 is 27.5 Å². The van der Waals surface area contributed by atoms with E-state index in [1.807, 2.05) is 6.07 Å². The molecule has 1 N–H and O–H groups in total. The van der Waals surface area contributed by atoms with E-state index in [0.717, 1.165) is 10.0 Å². The van der Waals surface area contributed by atoms with Crippen molar-refractivity contribution in [1.82, 2.24) is 4.98 Å². The summed E-state index contributed by atoms with van der Waals surface area (Å²) in [5, 5.41) is 3.46. The van der Waals surface area contributed by atoms with Crippen LogP contribution in [0.4, 0.5) is 10.1 Å². The van der Waals surface area contributed by atoms with Gasteiger partial charge in [0.15, 0.2) is 0 Å². The highest BCUT2D eigenvalue weighted by Gasteiger charge is 2.00. The molecule has 0 amide bonds. The Hall–Kier alpha value is -1.13. The second-order valence-electron chi connectivity index (χ2n) is 3.52. The number of anilines is 1. The molecule has 5 heteroatoms. The molecule has 0 fully saturated rings. The van der Waals surface area contributed by atoms with Gasteiger partial charge in [-0.3, -0.25) is 4.98 Å². The van der Waals surface area contributed by atoms with Crippen LogP contribution in [0.2, 0.25) is 5.02 Å². The Bertz CT molecular complexity index is 513. The normalized spacial score (nSPS) is 10.3. The molecule has 0 aliphatic heterocycles. The molecule has 0 aliphatic carbocycles. The fraction of sp³-hybridized carbons (Fsp3) is 0.0833. The third-order valence-electron chi connectivity index (χ3n) is 2.12. The monoisotopic (exact) mass is 314 g/mol. The van der Waals surface area contributed by atoms with Crippen molar-refractivity contribution in [3.8, 4) is 0 Å². The van der Waals surface area contributed by atoms with Crippen molar-refractivity contribution < 1.29 is 4.39 Å². The predicted octanol–water partition coefficient (Wildman–Crippen LogP) is 4.25. The topological polar surface area (TPSA) is 24.9 Å². The highest BCUT2D eigenvalue weighted by atomic mass is 79.9. The number of rotatable bonds is 3. The molecule has 0 radical (unpaired) electrons. The Morgan fingerprint density at radius 3 is 2.76 bits per heavy atom. The molecular formula is C12H9BrClFN2. The van der Waals surface area contributed by atoms with Gasteiger partial charge >= 0.3 is 0 Å². The van der Waals surface area contributed by atoms with Gasteiger partial charge in [0.1, 0.15) is 5.82 Å². The minimum atomic E-state index is -0.354. The maximum Gasteiger partial charge on any atom is 0.126 e. The smallest absolute Gasteiger partial charge is 0.126 e. The van der Waals surface area contributed by atoms with Crippen LogP contribution in [-0.2, 0) is 6.54 Å². The van der Waals surface area contributed by atoms with Crippen LogP contribution in [0.25, 0.3) is 0 Å². The number of benzene rings is 1. The van der Waals surface area contributed by atoms with Crippen molar-refractivity contribution in [1.29, 1.82) is 0 Å². The number of hydrogen-bond acceptors (Lipinski definition) is 2. The molecule has 1 heterocycles. The van der Waals surface area contributed by atoms with Crippen molar-refractivity contribution in [2.75, 3.05) is 5.32 Å². The van der Waals surface area contributed by atoms with Gasteiger partial charge < -0.3 is 5.32 Å². The summed E-state index contributed by atoms with van der Waals surface area (Å²) in [4.78, 5) is 4.04. The zero-order valence-corrected chi connectivity index (χ0v) is 11.1. The van der Waals surface area contributed by atoms with Gasteiger partial charge in [0.2, 0.25) is 0 Å². The summed E-state index contributed by atoms with van der Waals surface area (Å²) in [7, 11) is 0. The van der Waals surface area contributed by atoms with Crippen molar-refractivity contribution in [2.45, 2.75) is 6.54 Å². The molecule has 88 valence electrons. The Balaban J connectivity index is 2.07. The Morgan fingerprint density at radius 2 is 2.06 bits per heavy atom. The summed E-state index contributed by atoms with van der Waals surface area (Å²) >= 11 is 9.10. The molecular weight excluding hydrogens is 307 g/mol. The van der Waals surface area contributed by atoms with E-state index in [1.165, 1.54) is 12.1 Å². The summed E-state index contributed by atoms with van der Waals surface area (Å²) in [6.45, 7) is 0.562. The van der Waals surface area contributed by atoms with E-state index < -0.39 is 0 Å². The average Bonchev–Trinajstić information content (AvgIpc) is 2.25. The second kappa shape index (κ2) is 5.47. The fourth-order valence-electron chi connectivity index (χ4n) is 1.41. The van der Waals surface area contributed by atoms with Crippen LogP contribution in [0, 0.1) is 5.82 Å². The summed E-state index contributed by atoms with van der Waals surface area (Å²) in [6.07, 6.45) is 3.46. The zero-order chi connectivity index (χ0) is 12.3. The van der Waals surface area contributed by atoms with Gasteiger partial charge in [0.05, 0.1) is 0 Å². The maximum absolute atomic E-state index is 13.1. The second-order valence-corrected chi connectivity index (χ2v) is 4.88. The molecule has 0 spiro atoms. The number of nitrogens with one attached hydrogen (secondary N) is 1. The van der Waals surface area contributed by atoms with Crippen LogP contribution in [0.5, 0.6) is 0 Å². The lowest BCUT2D eigenvalue weighted by molar-refractivity contribution is 0.628. The van der Waals surface area contributed by atoms with Crippen LogP contribution in [0.15, 0.2) is 41.1 Å². The Labute approximate surface area is 112 Å². The molecule has 2 aromatic rings. The van der Waals surface area contributed by atoms with Gasteiger partial charge in [-0.2, -0.15) is 0 Å². The van der Waals surface area contributed by atoms with Gasteiger partial charge in [-0.05, 0) is 45.8 Å². The van der Waals surface area contributed by atoms with E-state index in [-0.39, 0.29) is 5.82 Å². The Kier molecular flexibility index (Phi) is 3.97. The molecule has 1 aromatic carbocycles. The van der Waals surface area contributed by atoms with Gasteiger partial charge in [0.25, 0.3) is 0 Å².